The number of benzene rings is 3. The molecule has 11 nitrogen and oxygen atoms in total. The molecule has 0 aromatic heterocycles. The summed E-state index contributed by atoms with van der Waals surface area (Å²) in [4.78, 5) is 52.6. The lowest BCUT2D eigenvalue weighted by Gasteiger charge is -2.44. The van der Waals surface area contributed by atoms with Crippen LogP contribution >= 0.6 is 0 Å². The smallest absolute Gasteiger partial charge is 0.336 e. The molecule has 0 saturated carbocycles. The van der Waals surface area contributed by atoms with Crippen LogP contribution in [-0.4, -0.2) is 58.1 Å². The molecule has 0 bridgehead atoms. The number of carboxylic acid groups (broad SMARTS) is 1. The molecule has 2 unspecified atom stereocenters. The van der Waals surface area contributed by atoms with E-state index >= 15 is 0 Å². The molecule has 1 heterocycles. The Kier molecular flexibility index (Phi) is 10.1. The number of carboxylic acids is 1. The van der Waals surface area contributed by atoms with Gasteiger partial charge in [0.05, 0.1) is 22.6 Å². The van der Waals surface area contributed by atoms with Crippen LogP contribution in [0.2, 0.25) is 0 Å². The zero-order chi connectivity index (χ0) is 32.0. The van der Waals surface area contributed by atoms with Gasteiger partial charge in [-0.2, -0.15) is 0 Å². The molecular formula is C33H35N3O8. The topological polar surface area (TPSA) is 162 Å². The first-order chi connectivity index (χ1) is 21.0. The molecule has 1 aliphatic rings. The second-order valence-corrected chi connectivity index (χ2v) is 10.9. The minimum Gasteiger partial charge on any atom is -0.481 e. The third-order valence-corrected chi connectivity index (χ3v) is 7.35. The van der Waals surface area contributed by atoms with Crippen LogP contribution in [-0.2, 0) is 23.9 Å². The number of allylic oxidation sites excluding steroid dienone is 1. The lowest BCUT2D eigenvalue weighted by molar-refractivity contribution is -0.384. The van der Waals surface area contributed by atoms with Crippen LogP contribution in [0.15, 0.2) is 96.2 Å². The second kappa shape index (κ2) is 14.0. The number of carbonyl (C=O) groups excluding carboxylic acids is 2. The Balaban J connectivity index is 1.64. The van der Waals surface area contributed by atoms with Gasteiger partial charge in [-0.3, -0.25) is 24.6 Å². The van der Waals surface area contributed by atoms with Crippen LogP contribution in [0, 0.1) is 16.0 Å². The van der Waals surface area contributed by atoms with Crippen molar-refractivity contribution >= 4 is 23.6 Å². The van der Waals surface area contributed by atoms with Gasteiger partial charge in [0.15, 0.2) is 5.92 Å². The highest BCUT2D eigenvalue weighted by Crippen LogP contribution is 2.38. The fraction of sp³-hybridized carbons (Fsp3) is 0.303. The summed E-state index contributed by atoms with van der Waals surface area (Å²) in [6.45, 7) is 5.26. The molecule has 1 aliphatic heterocycles. The minimum absolute atomic E-state index is 0.0347. The number of nitrogens with zero attached hydrogens (tertiary/aromatic N) is 2. The second-order valence-electron chi connectivity index (χ2n) is 10.9. The van der Waals surface area contributed by atoms with Crippen LogP contribution in [0.4, 0.5) is 5.69 Å². The predicted molar refractivity (Wildman–Crippen MR) is 161 cm³/mol. The van der Waals surface area contributed by atoms with Gasteiger partial charge >= 0.3 is 17.9 Å². The summed E-state index contributed by atoms with van der Waals surface area (Å²) in [5.74, 6) is -7.07. The van der Waals surface area contributed by atoms with Gasteiger partial charge in [-0.15, -0.1) is 0 Å². The number of hydrogen-bond acceptors (Lipinski definition) is 9. The fourth-order valence-electron chi connectivity index (χ4n) is 5.43. The van der Waals surface area contributed by atoms with Crippen LogP contribution < -0.4 is 5.73 Å². The van der Waals surface area contributed by atoms with E-state index in [1.54, 1.807) is 13.8 Å². The highest BCUT2D eigenvalue weighted by atomic mass is 16.6. The molecule has 4 rings (SSSR count). The number of nitro benzene ring substituents is 1. The maximum absolute atomic E-state index is 13.6. The van der Waals surface area contributed by atoms with E-state index < -0.39 is 46.9 Å². The number of non-ortho nitro benzene ring substituents is 1. The minimum atomic E-state index is -1.95. The Morgan fingerprint density at radius 1 is 0.932 bits per heavy atom. The van der Waals surface area contributed by atoms with E-state index in [2.05, 4.69) is 4.90 Å². The van der Waals surface area contributed by atoms with Gasteiger partial charge in [0.1, 0.15) is 6.10 Å². The molecule has 3 aromatic carbocycles. The highest BCUT2D eigenvalue weighted by molar-refractivity contribution is 6.00. The average molecular weight is 602 g/mol. The molecule has 44 heavy (non-hydrogen) atoms. The molecular weight excluding hydrogens is 566 g/mol. The van der Waals surface area contributed by atoms with Crippen molar-refractivity contribution in [1.82, 2.24) is 4.90 Å². The van der Waals surface area contributed by atoms with Crippen LogP contribution in [0.3, 0.4) is 0 Å². The quantitative estimate of drug-likeness (QED) is 0.0988. The van der Waals surface area contributed by atoms with Crippen molar-refractivity contribution in [3.63, 3.8) is 0 Å². The fourth-order valence-corrected chi connectivity index (χ4v) is 5.43. The van der Waals surface area contributed by atoms with Gasteiger partial charge in [-0.25, -0.2) is 4.79 Å². The molecule has 230 valence electrons. The predicted octanol–water partition coefficient (Wildman–Crippen LogP) is 4.58. The number of nitro groups is 1. The van der Waals surface area contributed by atoms with E-state index in [9.17, 15) is 29.6 Å². The van der Waals surface area contributed by atoms with Crippen molar-refractivity contribution in [1.29, 1.82) is 0 Å². The number of rotatable bonds is 12. The normalized spacial score (nSPS) is 15.6. The molecule has 3 N–H and O–H groups in total. The Bertz CT molecular complexity index is 1490. The molecule has 0 amide bonds. The molecule has 0 spiro atoms. The van der Waals surface area contributed by atoms with Crippen molar-refractivity contribution in [3.05, 3.63) is 123 Å². The lowest BCUT2D eigenvalue weighted by Crippen LogP contribution is -2.55. The SMILES string of the molecule is C/C(N)=C(/C(=O)OC(C)C)C(c1cccc([N+](=O)[O-])c1)C(C(=O)O)C(=O)OC1CN(C(c2ccccc2)c2ccccc2)C1. The monoisotopic (exact) mass is 601 g/mol. The van der Waals surface area contributed by atoms with Crippen molar-refractivity contribution in [2.24, 2.45) is 11.7 Å². The van der Waals surface area contributed by atoms with Gasteiger partial charge in [0.2, 0.25) is 0 Å². The van der Waals surface area contributed by atoms with Gasteiger partial charge in [-0.1, -0.05) is 72.8 Å². The van der Waals surface area contributed by atoms with E-state index in [4.69, 9.17) is 15.2 Å². The average Bonchev–Trinajstić information content (AvgIpc) is 2.96. The first-order valence-corrected chi connectivity index (χ1v) is 14.2. The first-order valence-electron chi connectivity index (χ1n) is 14.2. The Morgan fingerprint density at radius 2 is 1.48 bits per heavy atom. The number of esters is 2. The van der Waals surface area contributed by atoms with E-state index in [-0.39, 0.29) is 28.6 Å². The maximum atomic E-state index is 13.6. The largest absolute Gasteiger partial charge is 0.481 e. The number of ether oxygens (including phenoxy) is 2. The van der Waals surface area contributed by atoms with E-state index in [1.807, 2.05) is 60.7 Å². The summed E-state index contributed by atoms with van der Waals surface area (Å²) in [5.41, 5.74) is 7.50. The van der Waals surface area contributed by atoms with Crippen molar-refractivity contribution < 1.29 is 33.9 Å². The molecule has 0 aliphatic carbocycles. The molecule has 11 heteroatoms. The standard InChI is InChI=1S/C33H35N3O8/c1-20(2)43-32(39)27(21(3)34)28(24-15-10-16-25(17-24)36(41)42)29(31(37)38)33(40)44-26-18-35(19-26)30(22-11-6-4-7-12-22)23-13-8-5-9-14-23/h4-17,20,26,28-30H,18-19,34H2,1-3H3,(H,37,38)/b27-21-. The van der Waals surface area contributed by atoms with Gasteiger partial charge in [0.25, 0.3) is 5.69 Å². The third kappa shape index (κ3) is 7.30. The summed E-state index contributed by atoms with van der Waals surface area (Å²) in [6, 6.07) is 24.7. The highest BCUT2D eigenvalue weighted by Gasteiger charge is 2.45. The Hall–Kier alpha value is -5.03. The van der Waals surface area contributed by atoms with Crippen molar-refractivity contribution in [3.8, 4) is 0 Å². The lowest BCUT2D eigenvalue weighted by atomic mass is 9.79. The molecule has 2 atom stereocenters. The first kappa shape index (κ1) is 31.9. The van der Waals surface area contributed by atoms with Gasteiger partial charge < -0.3 is 20.3 Å². The molecule has 1 saturated heterocycles. The number of likely N-dealkylation sites (tertiary alicyclic amines) is 1. The zero-order valence-electron chi connectivity index (χ0n) is 24.7. The van der Waals surface area contributed by atoms with Crippen LogP contribution in [0.1, 0.15) is 49.4 Å². The Morgan fingerprint density at radius 3 is 1.95 bits per heavy atom. The van der Waals surface area contributed by atoms with Crippen molar-refractivity contribution in [2.75, 3.05) is 13.1 Å². The molecule has 0 radical (unpaired) electrons. The van der Waals surface area contributed by atoms with E-state index in [1.165, 1.54) is 25.1 Å². The molecule has 3 aromatic rings. The molecule has 1 fully saturated rings. The summed E-state index contributed by atoms with van der Waals surface area (Å²) < 4.78 is 11.1. The summed E-state index contributed by atoms with van der Waals surface area (Å²) in [5, 5.41) is 21.9. The summed E-state index contributed by atoms with van der Waals surface area (Å²) in [6.07, 6.45) is -1.21. The van der Waals surface area contributed by atoms with Crippen LogP contribution in [0.25, 0.3) is 0 Å². The summed E-state index contributed by atoms with van der Waals surface area (Å²) in [7, 11) is 0. The maximum Gasteiger partial charge on any atom is 0.336 e. The number of nitrogens with two attached hydrogens (primary N) is 1. The number of aliphatic carboxylic acids is 1. The van der Waals surface area contributed by atoms with Crippen LogP contribution in [0.5, 0.6) is 0 Å². The van der Waals surface area contributed by atoms with Gasteiger partial charge in [-0.05, 0) is 37.5 Å². The van der Waals surface area contributed by atoms with Crippen molar-refractivity contribution in [2.45, 2.75) is 44.9 Å². The summed E-state index contributed by atoms with van der Waals surface area (Å²) >= 11 is 0. The van der Waals surface area contributed by atoms with Gasteiger partial charge in [0, 0.05) is 36.8 Å². The number of carbonyl (C=O) groups is 3. The van der Waals surface area contributed by atoms with E-state index in [0.29, 0.717) is 13.1 Å². The Labute approximate surface area is 255 Å². The number of hydrogen-bond donors (Lipinski definition) is 2. The zero-order valence-corrected chi connectivity index (χ0v) is 24.7. The van der Waals surface area contributed by atoms with E-state index in [0.717, 1.165) is 17.2 Å². The third-order valence-electron chi connectivity index (χ3n) is 7.35.